The summed E-state index contributed by atoms with van der Waals surface area (Å²) < 4.78 is 0. The molecule has 1 fully saturated rings. The predicted molar refractivity (Wildman–Crippen MR) is 72.8 cm³/mol. The zero-order valence-corrected chi connectivity index (χ0v) is 10.7. The highest BCUT2D eigenvalue weighted by atomic mass is 32.2. The van der Waals surface area contributed by atoms with Gasteiger partial charge in [0.05, 0.1) is 5.75 Å². The van der Waals surface area contributed by atoms with Crippen molar-refractivity contribution in [1.29, 1.82) is 0 Å². The molecule has 0 saturated carbocycles. The van der Waals surface area contributed by atoms with E-state index in [1.54, 1.807) is 35.5 Å². The molecule has 96 valence electrons. The van der Waals surface area contributed by atoms with Crippen LogP contribution in [-0.2, 0) is 4.79 Å². The number of carbonyl (C=O) groups excluding carboxylic acids is 1. The molecule has 2 heterocycles. The topological polar surface area (TPSA) is 66.3 Å². The zero-order valence-electron chi connectivity index (χ0n) is 9.93. The number of aromatic hydroxyl groups is 1. The highest BCUT2D eigenvalue weighted by Gasteiger charge is 2.35. The molecule has 19 heavy (non-hydrogen) atoms. The van der Waals surface area contributed by atoms with E-state index in [4.69, 9.17) is 0 Å². The summed E-state index contributed by atoms with van der Waals surface area (Å²) in [5, 5.41) is 9.18. The summed E-state index contributed by atoms with van der Waals surface area (Å²) >= 11 is 1.53. The van der Waals surface area contributed by atoms with Gasteiger partial charge in [0.25, 0.3) is 0 Å². The Kier molecular flexibility index (Phi) is 3.08. The number of hydrogen-bond acceptors (Lipinski definition) is 5. The second-order valence-corrected chi connectivity index (χ2v) is 5.14. The number of thioether (sulfide) groups is 1. The molecular formula is C13H11N3O2S. The second kappa shape index (κ2) is 4.89. The van der Waals surface area contributed by atoms with Crippen LogP contribution in [0.15, 0.2) is 42.7 Å². The second-order valence-electron chi connectivity index (χ2n) is 4.07. The first kappa shape index (κ1) is 12.0. The Bertz CT molecular complexity index is 589. The highest BCUT2D eigenvalue weighted by molar-refractivity contribution is 8.00. The van der Waals surface area contributed by atoms with Crippen LogP contribution in [0, 0.1) is 0 Å². The normalized spacial score (nSPS) is 18.8. The van der Waals surface area contributed by atoms with Gasteiger partial charge in [-0.15, -0.1) is 11.8 Å². The number of amides is 1. The van der Waals surface area contributed by atoms with Crippen LogP contribution in [0.2, 0.25) is 0 Å². The maximum absolute atomic E-state index is 12.0. The van der Waals surface area contributed by atoms with Gasteiger partial charge in [0.15, 0.2) is 0 Å². The van der Waals surface area contributed by atoms with Crippen molar-refractivity contribution in [3.05, 3.63) is 48.3 Å². The van der Waals surface area contributed by atoms with Gasteiger partial charge in [-0.2, -0.15) is 0 Å². The summed E-state index contributed by atoms with van der Waals surface area (Å²) in [6.07, 6.45) is 3.24. The number of rotatable bonds is 2. The Labute approximate surface area is 114 Å². The number of carbonyl (C=O) groups is 1. The number of benzene rings is 1. The largest absolute Gasteiger partial charge is 0.508 e. The smallest absolute Gasteiger partial charge is 0.240 e. The molecule has 6 heteroatoms. The van der Waals surface area contributed by atoms with Gasteiger partial charge in [-0.05, 0) is 23.8 Å². The maximum atomic E-state index is 12.0. The molecule has 1 atom stereocenters. The van der Waals surface area contributed by atoms with Crippen molar-refractivity contribution in [2.45, 2.75) is 5.37 Å². The van der Waals surface area contributed by atoms with Gasteiger partial charge in [-0.3, -0.25) is 9.69 Å². The number of phenols is 1. The summed E-state index contributed by atoms with van der Waals surface area (Å²) in [6.45, 7) is 0. The fraction of sp³-hybridized carbons (Fsp3) is 0.154. The molecule has 0 spiro atoms. The quantitative estimate of drug-likeness (QED) is 0.906. The first-order valence-corrected chi connectivity index (χ1v) is 6.80. The molecular weight excluding hydrogens is 262 g/mol. The Morgan fingerprint density at radius 1 is 1.21 bits per heavy atom. The van der Waals surface area contributed by atoms with Crippen LogP contribution in [0.25, 0.3) is 0 Å². The minimum absolute atomic E-state index is 0.00530. The molecule has 1 aromatic heterocycles. The Morgan fingerprint density at radius 3 is 2.58 bits per heavy atom. The average molecular weight is 273 g/mol. The van der Waals surface area contributed by atoms with Crippen molar-refractivity contribution in [3.8, 4) is 5.75 Å². The molecule has 0 aliphatic carbocycles. The summed E-state index contributed by atoms with van der Waals surface area (Å²) in [6, 6.07) is 8.56. The Hall–Kier alpha value is -2.08. The SMILES string of the molecule is O=C1CSC(c2ccc(O)cc2)N1c1ncccn1. The summed E-state index contributed by atoms with van der Waals surface area (Å²) in [7, 11) is 0. The van der Waals surface area contributed by atoms with Gasteiger partial charge < -0.3 is 5.11 Å². The number of hydrogen-bond donors (Lipinski definition) is 1. The molecule has 1 amide bonds. The van der Waals surface area contributed by atoms with Crippen molar-refractivity contribution in [2.24, 2.45) is 0 Å². The molecule has 5 nitrogen and oxygen atoms in total. The third-order valence-electron chi connectivity index (χ3n) is 2.81. The van der Waals surface area contributed by atoms with Crippen LogP contribution in [0.4, 0.5) is 5.95 Å². The number of anilines is 1. The molecule has 0 radical (unpaired) electrons. The van der Waals surface area contributed by atoms with Crippen LogP contribution in [0.1, 0.15) is 10.9 Å². The van der Waals surface area contributed by atoms with Gasteiger partial charge >= 0.3 is 0 Å². The van der Waals surface area contributed by atoms with E-state index in [-0.39, 0.29) is 17.0 Å². The standard InChI is InChI=1S/C13H11N3O2S/c17-10-4-2-9(3-5-10)12-16(11(18)8-19-12)13-14-6-1-7-15-13/h1-7,12,17H,8H2. The van der Waals surface area contributed by atoms with Crippen molar-refractivity contribution in [1.82, 2.24) is 9.97 Å². The fourth-order valence-corrected chi connectivity index (χ4v) is 3.09. The number of nitrogens with zero attached hydrogens (tertiary/aromatic N) is 3. The fourth-order valence-electron chi connectivity index (χ4n) is 1.94. The van der Waals surface area contributed by atoms with Gasteiger partial charge in [0.2, 0.25) is 11.9 Å². The number of phenolic OH excluding ortho intramolecular Hbond substituents is 1. The minimum Gasteiger partial charge on any atom is -0.508 e. The van der Waals surface area contributed by atoms with E-state index < -0.39 is 0 Å². The Morgan fingerprint density at radius 2 is 1.89 bits per heavy atom. The minimum atomic E-state index is -0.143. The third-order valence-corrected chi connectivity index (χ3v) is 4.03. The first-order valence-electron chi connectivity index (χ1n) is 5.75. The summed E-state index contributed by atoms with van der Waals surface area (Å²) in [5.74, 6) is 1.02. The first-order chi connectivity index (χ1) is 9.25. The van der Waals surface area contributed by atoms with E-state index in [2.05, 4.69) is 9.97 Å². The third kappa shape index (κ3) is 2.26. The van der Waals surface area contributed by atoms with Crippen molar-refractivity contribution >= 4 is 23.6 Å². The summed E-state index contributed by atoms with van der Waals surface area (Å²) in [5.41, 5.74) is 0.945. The van der Waals surface area contributed by atoms with Crippen molar-refractivity contribution in [2.75, 3.05) is 10.7 Å². The van der Waals surface area contributed by atoms with Gasteiger partial charge in [0, 0.05) is 12.4 Å². The van der Waals surface area contributed by atoms with E-state index in [1.165, 1.54) is 11.8 Å². The average Bonchev–Trinajstić information content (AvgIpc) is 2.82. The molecule has 2 aromatic rings. The molecule has 1 aliphatic heterocycles. The van der Waals surface area contributed by atoms with E-state index in [1.807, 2.05) is 12.1 Å². The molecule has 1 N–H and O–H groups in total. The van der Waals surface area contributed by atoms with Gasteiger partial charge in [0.1, 0.15) is 11.1 Å². The molecule has 1 saturated heterocycles. The van der Waals surface area contributed by atoms with Crippen molar-refractivity contribution in [3.63, 3.8) is 0 Å². The zero-order chi connectivity index (χ0) is 13.2. The lowest BCUT2D eigenvalue weighted by Gasteiger charge is -2.21. The van der Waals surface area contributed by atoms with Gasteiger partial charge in [-0.1, -0.05) is 12.1 Å². The molecule has 1 aliphatic rings. The molecule has 3 rings (SSSR count). The predicted octanol–water partition coefficient (Wildman–Crippen LogP) is 1.96. The lowest BCUT2D eigenvalue weighted by atomic mass is 10.2. The van der Waals surface area contributed by atoms with Crippen LogP contribution in [0.3, 0.4) is 0 Å². The van der Waals surface area contributed by atoms with Crippen LogP contribution in [0.5, 0.6) is 5.75 Å². The highest BCUT2D eigenvalue weighted by Crippen LogP contribution is 2.40. The maximum Gasteiger partial charge on any atom is 0.240 e. The van der Waals surface area contributed by atoms with Crippen LogP contribution < -0.4 is 4.90 Å². The molecule has 1 unspecified atom stereocenters. The van der Waals surface area contributed by atoms with Crippen LogP contribution in [-0.4, -0.2) is 26.7 Å². The van der Waals surface area contributed by atoms with Gasteiger partial charge in [-0.25, -0.2) is 9.97 Å². The summed E-state index contributed by atoms with van der Waals surface area (Å²) in [4.78, 5) is 21.9. The molecule has 1 aromatic carbocycles. The van der Waals surface area contributed by atoms with E-state index in [0.717, 1.165) is 5.56 Å². The van der Waals surface area contributed by atoms with E-state index in [0.29, 0.717) is 11.7 Å². The lowest BCUT2D eigenvalue weighted by molar-refractivity contribution is -0.115. The monoisotopic (exact) mass is 273 g/mol. The van der Waals surface area contributed by atoms with Crippen LogP contribution >= 0.6 is 11.8 Å². The van der Waals surface area contributed by atoms with E-state index in [9.17, 15) is 9.90 Å². The van der Waals surface area contributed by atoms with E-state index >= 15 is 0 Å². The lowest BCUT2D eigenvalue weighted by Crippen LogP contribution is -2.29. The number of aromatic nitrogens is 2. The van der Waals surface area contributed by atoms with Crippen molar-refractivity contribution < 1.29 is 9.90 Å². The Balaban J connectivity index is 1.97. The molecule has 0 bridgehead atoms.